The number of carbonyl (C=O) groups excluding carboxylic acids is 1. The number of amides is 2. The number of rotatable bonds is 4. The first kappa shape index (κ1) is 17.7. The van der Waals surface area contributed by atoms with Gasteiger partial charge in [0.2, 0.25) is 10.0 Å². The predicted octanol–water partition coefficient (Wildman–Crippen LogP) is 1.22. The van der Waals surface area contributed by atoms with E-state index in [9.17, 15) is 13.2 Å². The molecule has 7 nitrogen and oxygen atoms in total. The lowest BCUT2D eigenvalue weighted by Gasteiger charge is -2.33. The minimum atomic E-state index is -3.70. The van der Waals surface area contributed by atoms with Gasteiger partial charge in [0.25, 0.3) is 0 Å². The van der Waals surface area contributed by atoms with Crippen LogP contribution in [0.3, 0.4) is 0 Å². The Kier molecular flexibility index (Phi) is 5.61. The molecule has 1 aromatic carbocycles. The van der Waals surface area contributed by atoms with E-state index in [1.807, 2.05) is 13.8 Å². The quantitative estimate of drug-likeness (QED) is 0.859. The third-order valence-electron chi connectivity index (χ3n) is 3.93. The number of nitrogens with two attached hydrogens (primary N) is 1. The van der Waals surface area contributed by atoms with Crippen molar-refractivity contribution in [3.8, 4) is 0 Å². The van der Waals surface area contributed by atoms with Gasteiger partial charge in [-0.2, -0.15) is 0 Å². The lowest BCUT2D eigenvalue weighted by atomic mass is 10.1. The summed E-state index contributed by atoms with van der Waals surface area (Å²) in [6, 6.07) is 5.80. The van der Waals surface area contributed by atoms with Crippen LogP contribution in [0.2, 0.25) is 0 Å². The monoisotopic (exact) mass is 341 g/mol. The van der Waals surface area contributed by atoms with Crippen molar-refractivity contribution in [2.24, 2.45) is 5.14 Å². The smallest absolute Gasteiger partial charge is 0.318 e. The Morgan fingerprint density at radius 2 is 2.09 bits per heavy atom. The molecule has 0 aromatic heterocycles. The zero-order chi connectivity index (χ0) is 17.0. The normalized spacial score (nSPS) is 20.1. The number of carbonyl (C=O) groups is 1. The number of morpholine rings is 1. The van der Waals surface area contributed by atoms with Gasteiger partial charge in [-0.25, -0.2) is 18.4 Å². The molecule has 0 radical (unpaired) electrons. The van der Waals surface area contributed by atoms with Gasteiger partial charge in [-0.3, -0.25) is 0 Å². The molecule has 0 aliphatic carbocycles. The summed E-state index contributed by atoms with van der Waals surface area (Å²) in [6.45, 7) is 5.57. The summed E-state index contributed by atoms with van der Waals surface area (Å²) < 4.78 is 28.0. The molecule has 0 bridgehead atoms. The molecule has 1 aliphatic heterocycles. The third-order valence-corrected chi connectivity index (χ3v) is 4.86. The molecule has 2 rings (SSSR count). The second-order valence-electron chi connectivity index (χ2n) is 5.63. The topological polar surface area (TPSA) is 102 Å². The van der Waals surface area contributed by atoms with Crippen molar-refractivity contribution >= 4 is 16.1 Å². The highest BCUT2D eigenvalue weighted by Gasteiger charge is 2.24. The van der Waals surface area contributed by atoms with Crippen molar-refractivity contribution in [3.05, 3.63) is 29.8 Å². The maximum atomic E-state index is 12.3. The highest BCUT2D eigenvalue weighted by atomic mass is 32.2. The highest BCUT2D eigenvalue weighted by Crippen LogP contribution is 2.16. The number of hydrogen-bond donors (Lipinski definition) is 2. The van der Waals surface area contributed by atoms with Crippen molar-refractivity contribution < 1.29 is 17.9 Å². The van der Waals surface area contributed by atoms with Crippen molar-refractivity contribution in [3.63, 3.8) is 0 Å². The summed E-state index contributed by atoms with van der Waals surface area (Å²) in [5.41, 5.74) is 0.811. The largest absolute Gasteiger partial charge is 0.375 e. The Hall–Kier alpha value is -1.64. The van der Waals surface area contributed by atoms with Gasteiger partial charge in [-0.15, -0.1) is 0 Å². The number of nitrogens with one attached hydrogen (secondary N) is 1. The van der Waals surface area contributed by atoms with Crippen molar-refractivity contribution in [1.29, 1.82) is 0 Å². The predicted molar refractivity (Wildman–Crippen MR) is 86.4 cm³/mol. The van der Waals surface area contributed by atoms with E-state index >= 15 is 0 Å². The van der Waals surface area contributed by atoms with E-state index in [0.29, 0.717) is 19.7 Å². The van der Waals surface area contributed by atoms with E-state index in [4.69, 9.17) is 9.88 Å². The fourth-order valence-corrected chi connectivity index (χ4v) is 2.97. The molecule has 1 fully saturated rings. The number of nitrogens with zero attached hydrogens (tertiary/aromatic N) is 1. The highest BCUT2D eigenvalue weighted by molar-refractivity contribution is 7.89. The van der Waals surface area contributed by atoms with Gasteiger partial charge in [-0.1, -0.05) is 19.1 Å². The van der Waals surface area contributed by atoms with Crippen LogP contribution in [-0.2, 0) is 14.8 Å². The van der Waals surface area contributed by atoms with Crippen LogP contribution in [0.25, 0.3) is 0 Å². The van der Waals surface area contributed by atoms with Crippen LogP contribution in [0.5, 0.6) is 0 Å². The van der Waals surface area contributed by atoms with Crippen LogP contribution in [0.15, 0.2) is 29.2 Å². The molecular weight excluding hydrogens is 318 g/mol. The molecule has 0 unspecified atom stereocenters. The molecule has 0 spiro atoms. The van der Waals surface area contributed by atoms with Crippen molar-refractivity contribution in [2.75, 3.05) is 19.7 Å². The second-order valence-corrected chi connectivity index (χ2v) is 7.19. The van der Waals surface area contributed by atoms with E-state index in [0.717, 1.165) is 12.0 Å². The van der Waals surface area contributed by atoms with Crippen molar-refractivity contribution in [1.82, 2.24) is 10.2 Å². The zero-order valence-corrected chi connectivity index (χ0v) is 14.2. The summed E-state index contributed by atoms with van der Waals surface area (Å²) >= 11 is 0. The summed E-state index contributed by atoms with van der Waals surface area (Å²) in [5.74, 6) is 0. The molecule has 128 valence electrons. The van der Waals surface area contributed by atoms with Crippen LogP contribution in [-0.4, -0.2) is 45.1 Å². The van der Waals surface area contributed by atoms with Crippen LogP contribution < -0.4 is 10.5 Å². The molecule has 1 saturated heterocycles. The van der Waals surface area contributed by atoms with Gasteiger partial charge in [0.1, 0.15) is 0 Å². The Labute approximate surface area is 136 Å². The van der Waals surface area contributed by atoms with Crippen LogP contribution >= 0.6 is 0 Å². The molecule has 1 heterocycles. The molecule has 23 heavy (non-hydrogen) atoms. The van der Waals surface area contributed by atoms with Gasteiger partial charge < -0.3 is 15.0 Å². The SMILES string of the molecule is CC[C@H]1CN(C(=O)N[C@H](C)c2ccc(S(N)(=O)=O)cc2)CCO1. The zero-order valence-electron chi connectivity index (χ0n) is 13.4. The molecule has 0 saturated carbocycles. The minimum absolute atomic E-state index is 0.0544. The molecular formula is C15H23N3O4S. The molecule has 3 N–H and O–H groups in total. The maximum Gasteiger partial charge on any atom is 0.318 e. The summed E-state index contributed by atoms with van der Waals surface area (Å²) in [4.78, 5) is 14.1. The molecule has 8 heteroatoms. The summed E-state index contributed by atoms with van der Waals surface area (Å²) in [6.07, 6.45) is 0.952. The Morgan fingerprint density at radius 3 is 2.65 bits per heavy atom. The van der Waals surface area contributed by atoms with Gasteiger partial charge in [-0.05, 0) is 31.0 Å². The third kappa shape index (κ3) is 4.66. The lowest BCUT2D eigenvalue weighted by Crippen LogP contribution is -2.49. The first-order valence-electron chi connectivity index (χ1n) is 7.61. The van der Waals surface area contributed by atoms with E-state index in [1.165, 1.54) is 12.1 Å². The Balaban J connectivity index is 1.98. The standard InChI is InChI=1S/C15H23N3O4S/c1-3-13-10-18(8-9-22-13)15(19)17-11(2)12-4-6-14(7-5-12)23(16,20)21/h4-7,11,13H,3,8-10H2,1-2H3,(H,17,19)(H2,16,20,21)/t11-,13+/m1/s1. The maximum absolute atomic E-state index is 12.3. The van der Waals surface area contributed by atoms with Gasteiger partial charge >= 0.3 is 6.03 Å². The van der Waals surface area contributed by atoms with Crippen LogP contribution in [0.4, 0.5) is 4.79 Å². The number of urea groups is 1. The number of primary sulfonamides is 1. The number of hydrogen-bond acceptors (Lipinski definition) is 4. The Bertz CT molecular complexity index is 645. The molecule has 2 atom stereocenters. The van der Waals surface area contributed by atoms with E-state index in [1.54, 1.807) is 17.0 Å². The van der Waals surface area contributed by atoms with E-state index in [-0.39, 0.29) is 23.1 Å². The molecule has 1 aromatic rings. The minimum Gasteiger partial charge on any atom is -0.375 e. The van der Waals surface area contributed by atoms with Crippen LogP contribution in [0.1, 0.15) is 31.9 Å². The first-order chi connectivity index (χ1) is 10.8. The number of sulfonamides is 1. The summed E-state index contributed by atoms with van der Waals surface area (Å²) in [5, 5.41) is 7.99. The Morgan fingerprint density at radius 1 is 1.43 bits per heavy atom. The van der Waals surface area contributed by atoms with Gasteiger partial charge in [0, 0.05) is 13.1 Å². The lowest BCUT2D eigenvalue weighted by molar-refractivity contribution is -0.0156. The molecule has 1 aliphatic rings. The number of benzene rings is 1. The fourth-order valence-electron chi connectivity index (χ4n) is 2.46. The van der Waals surface area contributed by atoms with E-state index < -0.39 is 10.0 Å². The molecule has 2 amide bonds. The van der Waals surface area contributed by atoms with Crippen LogP contribution in [0, 0.1) is 0 Å². The summed E-state index contributed by atoms with van der Waals surface area (Å²) in [7, 11) is -3.70. The number of ether oxygens (including phenoxy) is 1. The average Bonchev–Trinajstić information content (AvgIpc) is 2.54. The average molecular weight is 341 g/mol. The van der Waals surface area contributed by atoms with Gasteiger partial charge in [0.15, 0.2) is 0 Å². The first-order valence-corrected chi connectivity index (χ1v) is 9.15. The van der Waals surface area contributed by atoms with E-state index in [2.05, 4.69) is 5.32 Å². The van der Waals surface area contributed by atoms with Crippen molar-refractivity contribution in [2.45, 2.75) is 37.3 Å². The fraction of sp³-hybridized carbons (Fsp3) is 0.533. The van der Waals surface area contributed by atoms with Gasteiger partial charge in [0.05, 0.1) is 23.6 Å². The second kappa shape index (κ2) is 7.29.